The van der Waals surface area contributed by atoms with Crippen molar-refractivity contribution in [1.82, 2.24) is 0 Å². The van der Waals surface area contributed by atoms with Crippen molar-refractivity contribution in [3.8, 4) is 11.5 Å². The zero-order valence-corrected chi connectivity index (χ0v) is 12.6. The number of fused-ring (bicyclic) bond motifs is 2. The standard InChI is InChI=1S/C17H14ClNO3/c18-11-1-3-12(4-2-11)19-17(20)15-13-6-8-21-14(13)9-10-5-7-22-16(10)15/h1-4,9H,5-8H2,(H,19,20). The Morgan fingerprint density at radius 2 is 1.86 bits per heavy atom. The molecule has 0 atom stereocenters. The number of amides is 1. The summed E-state index contributed by atoms with van der Waals surface area (Å²) in [5.74, 6) is 1.35. The van der Waals surface area contributed by atoms with Gasteiger partial charge < -0.3 is 14.8 Å². The molecule has 4 rings (SSSR count). The monoisotopic (exact) mass is 315 g/mol. The quantitative estimate of drug-likeness (QED) is 0.923. The van der Waals surface area contributed by atoms with Crippen LogP contribution in [0.5, 0.6) is 11.5 Å². The van der Waals surface area contributed by atoms with Gasteiger partial charge >= 0.3 is 0 Å². The van der Waals surface area contributed by atoms with Crippen LogP contribution < -0.4 is 14.8 Å². The van der Waals surface area contributed by atoms with Crippen molar-refractivity contribution < 1.29 is 14.3 Å². The van der Waals surface area contributed by atoms with Crippen molar-refractivity contribution in [3.63, 3.8) is 0 Å². The van der Waals surface area contributed by atoms with Crippen molar-refractivity contribution in [1.29, 1.82) is 0 Å². The number of carbonyl (C=O) groups excluding carboxylic acids is 1. The van der Waals surface area contributed by atoms with E-state index in [-0.39, 0.29) is 5.91 Å². The van der Waals surface area contributed by atoms with Crippen LogP contribution in [0.3, 0.4) is 0 Å². The van der Waals surface area contributed by atoms with E-state index in [2.05, 4.69) is 5.32 Å². The Kier molecular flexibility index (Phi) is 3.19. The lowest BCUT2D eigenvalue weighted by molar-refractivity contribution is 0.102. The molecule has 1 amide bonds. The molecule has 0 unspecified atom stereocenters. The van der Waals surface area contributed by atoms with Gasteiger partial charge in [-0.15, -0.1) is 0 Å². The molecule has 22 heavy (non-hydrogen) atoms. The highest BCUT2D eigenvalue weighted by atomic mass is 35.5. The first kappa shape index (κ1) is 13.5. The number of ether oxygens (including phenoxy) is 2. The van der Waals surface area contributed by atoms with Gasteiger partial charge in [-0.1, -0.05) is 11.6 Å². The van der Waals surface area contributed by atoms with Crippen LogP contribution in [-0.4, -0.2) is 19.1 Å². The lowest BCUT2D eigenvalue weighted by Crippen LogP contribution is -2.15. The SMILES string of the molecule is O=C(Nc1ccc(Cl)cc1)c1c2c(cc3c1OCC3)OCC2. The molecule has 0 aromatic heterocycles. The number of rotatable bonds is 2. The molecule has 112 valence electrons. The summed E-state index contributed by atoms with van der Waals surface area (Å²) in [6.45, 7) is 1.22. The molecular weight excluding hydrogens is 302 g/mol. The zero-order valence-electron chi connectivity index (χ0n) is 11.8. The van der Waals surface area contributed by atoms with Gasteiger partial charge in [0, 0.05) is 34.7 Å². The molecule has 4 nitrogen and oxygen atoms in total. The fourth-order valence-electron chi connectivity index (χ4n) is 2.95. The largest absolute Gasteiger partial charge is 0.493 e. The normalized spacial score (nSPS) is 14.8. The fraction of sp³-hybridized carbons (Fsp3) is 0.235. The van der Waals surface area contributed by atoms with Gasteiger partial charge in [0.2, 0.25) is 0 Å². The Labute approximate surface area is 133 Å². The first-order valence-electron chi connectivity index (χ1n) is 7.23. The number of hydrogen-bond donors (Lipinski definition) is 1. The highest BCUT2D eigenvalue weighted by Gasteiger charge is 2.30. The smallest absolute Gasteiger partial charge is 0.259 e. The van der Waals surface area contributed by atoms with Gasteiger partial charge in [0.15, 0.2) is 0 Å². The second kappa shape index (κ2) is 5.21. The van der Waals surface area contributed by atoms with E-state index in [0.29, 0.717) is 35.2 Å². The first-order valence-corrected chi connectivity index (χ1v) is 7.61. The van der Waals surface area contributed by atoms with Crippen LogP contribution in [0.4, 0.5) is 5.69 Å². The van der Waals surface area contributed by atoms with Crippen molar-refractivity contribution in [3.05, 3.63) is 52.0 Å². The van der Waals surface area contributed by atoms with Crippen LogP contribution in [0, 0.1) is 0 Å². The third-order valence-electron chi connectivity index (χ3n) is 3.98. The van der Waals surface area contributed by atoms with Crippen molar-refractivity contribution in [2.45, 2.75) is 12.8 Å². The van der Waals surface area contributed by atoms with E-state index < -0.39 is 0 Å². The minimum atomic E-state index is -0.164. The van der Waals surface area contributed by atoms with Crippen LogP contribution in [0.2, 0.25) is 5.02 Å². The molecule has 2 heterocycles. The Balaban J connectivity index is 1.73. The summed E-state index contributed by atoms with van der Waals surface area (Å²) in [6, 6.07) is 9.05. The Hall–Kier alpha value is -2.20. The third kappa shape index (κ3) is 2.20. The van der Waals surface area contributed by atoms with E-state index in [4.69, 9.17) is 21.1 Å². The van der Waals surface area contributed by atoms with Crippen LogP contribution in [0.25, 0.3) is 0 Å². The predicted octanol–water partition coefficient (Wildman–Crippen LogP) is 3.46. The molecule has 2 aliphatic rings. The lowest BCUT2D eigenvalue weighted by atomic mass is 9.99. The second-order valence-corrected chi connectivity index (χ2v) is 5.81. The molecule has 0 saturated heterocycles. The highest BCUT2D eigenvalue weighted by molar-refractivity contribution is 6.30. The van der Waals surface area contributed by atoms with Gasteiger partial charge in [-0.25, -0.2) is 0 Å². The molecule has 2 aromatic carbocycles. The van der Waals surface area contributed by atoms with Crippen LogP contribution in [0.1, 0.15) is 21.5 Å². The molecule has 2 aliphatic heterocycles. The minimum absolute atomic E-state index is 0.164. The lowest BCUT2D eigenvalue weighted by Gasteiger charge is -2.13. The summed E-state index contributed by atoms with van der Waals surface area (Å²) in [7, 11) is 0. The topological polar surface area (TPSA) is 47.6 Å². The molecule has 2 aromatic rings. The van der Waals surface area contributed by atoms with Gasteiger partial charge in [-0.3, -0.25) is 4.79 Å². The van der Waals surface area contributed by atoms with Gasteiger partial charge in [0.05, 0.1) is 18.8 Å². The fourth-order valence-corrected chi connectivity index (χ4v) is 3.08. The highest BCUT2D eigenvalue weighted by Crippen LogP contribution is 2.40. The molecule has 0 bridgehead atoms. The van der Waals surface area contributed by atoms with E-state index in [0.717, 1.165) is 29.7 Å². The van der Waals surface area contributed by atoms with E-state index in [1.807, 2.05) is 6.07 Å². The van der Waals surface area contributed by atoms with E-state index in [1.54, 1.807) is 24.3 Å². The minimum Gasteiger partial charge on any atom is -0.493 e. The second-order valence-electron chi connectivity index (χ2n) is 5.37. The molecule has 0 spiro atoms. The maximum absolute atomic E-state index is 12.7. The van der Waals surface area contributed by atoms with Crippen LogP contribution in [0.15, 0.2) is 30.3 Å². The van der Waals surface area contributed by atoms with Gasteiger partial charge in [0.1, 0.15) is 11.5 Å². The zero-order chi connectivity index (χ0) is 15.1. The van der Waals surface area contributed by atoms with Gasteiger partial charge in [-0.2, -0.15) is 0 Å². The number of carbonyl (C=O) groups is 1. The van der Waals surface area contributed by atoms with Crippen molar-refractivity contribution in [2.75, 3.05) is 18.5 Å². The summed E-state index contributed by atoms with van der Waals surface area (Å²) in [5, 5.41) is 3.55. The van der Waals surface area contributed by atoms with Crippen molar-refractivity contribution in [2.24, 2.45) is 0 Å². The number of halogens is 1. The molecule has 0 radical (unpaired) electrons. The molecule has 0 aliphatic carbocycles. The summed E-state index contributed by atoms with van der Waals surface area (Å²) < 4.78 is 11.3. The van der Waals surface area contributed by atoms with Crippen LogP contribution >= 0.6 is 11.6 Å². The summed E-state index contributed by atoms with van der Waals surface area (Å²) in [4.78, 5) is 12.7. The van der Waals surface area contributed by atoms with Gasteiger partial charge in [0.25, 0.3) is 5.91 Å². The predicted molar refractivity (Wildman–Crippen MR) is 84.2 cm³/mol. The molecule has 0 saturated carbocycles. The average molecular weight is 316 g/mol. The van der Waals surface area contributed by atoms with E-state index in [1.165, 1.54) is 0 Å². The molecule has 0 fully saturated rings. The summed E-state index contributed by atoms with van der Waals surface area (Å²) >= 11 is 5.87. The number of anilines is 1. The summed E-state index contributed by atoms with van der Waals surface area (Å²) in [5.41, 5.74) is 3.30. The molecule has 1 N–H and O–H groups in total. The molecule has 5 heteroatoms. The summed E-state index contributed by atoms with van der Waals surface area (Å²) in [6.07, 6.45) is 1.54. The van der Waals surface area contributed by atoms with Crippen molar-refractivity contribution >= 4 is 23.2 Å². The third-order valence-corrected chi connectivity index (χ3v) is 4.23. The number of benzene rings is 2. The Morgan fingerprint density at radius 1 is 1.09 bits per heavy atom. The maximum atomic E-state index is 12.7. The maximum Gasteiger partial charge on any atom is 0.259 e. The number of hydrogen-bond acceptors (Lipinski definition) is 3. The number of nitrogens with one attached hydrogen (secondary N) is 1. The van der Waals surface area contributed by atoms with E-state index in [9.17, 15) is 4.79 Å². The molecular formula is C17H14ClNO3. The first-order chi connectivity index (χ1) is 10.7. The average Bonchev–Trinajstić information content (AvgIpc) is 3.15. The van der Waals surface area contributed by atoms with Gasteiger partial charge in [-0.05, 0) is 30.3 Å². The Morgan fingerprint density at radius 3 is 2.68 bits per heavy atom. The van der Waals surface area contributed by atoms with Crippen LogP contribution in [-0.2, 0) is 12.8 Å². The van der Waals surface area contributed by atoms with E-state index >= 15 is 0 Å². The Bertz CT molecular complexity index is 723.